The third-order valence-electron chi connectivity index (χ3n) is 5.71. The number of aliphatic hydroxyl groups is 2. The Balaban J connectivity index is 1.61. The molecule has 0 bridgehead atoms. The lowest BCUT2D eigenvalue weighted by Crippen LogP contribution is -2.41. The van der Waals surface area contributed by atoms with Gasteiger partial charge < -0.3 is 25.0 Å². The molecule has 3 N–H and O–H groups in total. The van der Waals surface area contributed by atoms with Crippen LogP contribution in [0.3, 0.4) is 0 Å². The van der Waals surface area contributed by atoms with E-state index in [1.165, 1.54) is 16.9 Å². The third kappa shape index (κ3) is 4.59. The van der Waals surface area contributed by atoms with E-state index < -0.39 is 29.9 Å². The number of nitrogens with zero attached hydrogens (tertiary/aromatic N) is 4. The highest BCUT2D eigenvalue weighted by Crippen LogP contribution is 2.40. The van der Waals surface area contributed by atoms with Crippen molar-refractivity contribution in [1.29, 1.82) is 5.26 Å². The lowest BCUT2D eigenvalue weighted by atomic mass is 9.92. The molecule has 4 atom stereocenters. The highest BCUT2D eigenvalue weighted by molar-refractivity contribution is 6.05. The summed E-state index contributed by atoms with van der Waals surface area (Å²) in [7, 11) is 0. The van der Waals surface area contributed by atoms with E-state index in [9.17, 15) is 25.1 Å². The average molecular weight is 479 g/mol. The SMILES string of the molecule is CC(C)CC(=O)OC[C@H]1O[C@@](C#N)(c2ccc3c(NC(=O)c4ccccc4)ncnn23)[C@H](O)[C@@H]1O. The van der Waals surface area contributed by atoms with Gasteiger partial charge in [-0.15, -0.1) is 0 Å². The zero-order chi connectivity index (χ0) is 25.2. The molecule has 1 aromatic carbocycles. The Labute approximate surface area is 200 Å². The van der Waals surface area contributed by atoms with E-state index >= 15 is 0 Å². The van der Waals surface area contributed by atoms with Gasteiger partial charge in [0.05, 0.1) is 5.69 Å². The zero-order valence-corrected chi connectivity index (χ0v) is 19.2. The highest BCUT2D eigenvalue weighted by Gasteiger charge is 2.57. The first-order valence-corrected chi connectivity index (χ1v) is 11.1. The predicted octanol–water partition coefficient (Wildman–Crippen LogP) is 1.41. The Kier molecular flexibility index (Phi) is 6.79. The van der Waals surface area contributed by atoms with Crippen LogP contribution in [0.1, 0.15) is 36.3 Å². The molecule has 1 fully saturated rings. The molecule has 1 saturated heterocycles. The Morgan fingerprint density at radius 3 is 2.69 bits per heavy atom. The van der Waals surface area contributed by atoms with Crippen molar-refractivity contribution in [2.24, 2.45) is 5.92 Å². The molecule has 3 heterocycles. The standard InChI is InChI=1S/C24H25N5O6/c1-14(2)10-19(30)34-11-17-20(31)21(32)24(12-25,35-17)18-9-8-16-22(26-13-27-29(16)18)28-23(33)15-6-4-3-5-7-15/h3-9,13-14,17,20-21,31-32H,10-11H2,1-2H3,(H,26,27,28,33)/t17-,20-,21-,24+/m1/s1. The monoisotopic (exact) mass is 479 g/mol. The molecule has 0 unspecified atom stereocenters. The van der Waals surface area contributed by atoms with Crippen molar-refractivity contribution in [2.45, 2.75) is 44.2 Å². The molecule has 0 saturated carbocycles. The van der Waals surface area contributed by atoms with E-state index in [1.807, 2.05) is 19.9 Å². The summed E-state index contributed by atoms with van der Waals surface area (Å²) in [6, 6.07) is 13.6. The summed E-state index contributed by atoms with van der Waals surface area (Å²) in [6.07, 6.45) is -2.91. The van der Waals surface area contributed by atoms with Crippen LogP contribution in [0.15, 0.2) is 48.8 Å². The Morgan fingerprint density at radius 2 is 2.00 bits per heavy atom. The number of amides is 1. The molecule has 4 rings (SSSR count). The lowest BCUT2D eigenvalue weighted by molar-refractivity contribution is -0.151. The molecule has 2 aromatic heterocycles. The first-order chi connectivity index (χ1) is 16.8. The summed E-state index contributed by atoms with van der Waals surface area (Å²) in [5.41, 5.74) is -1.11. The number of benzene rings is 1. The fraction of sp³-hybridized carbons (Fsp3) is 0.375. The smallest absolute Gasteiger partial charge is 0.306 e. The topological polar surface area (TPSA) is 159 Å². The van der Waals surface area contributed by atoms with Crippen LogP contribution in [0.2, 0.25) is 0 Å². The number of hydrogen-bond acceptors (Lipinski definition) is 9. The van der Waals surface area contributed by atoms with Crippen LogP contribution in [0.4, 0.5) is 5.82 Å². The molecule has 1 aliphatic rings. The molecule has 3 aromatic rings. The Bertz CT molecular complexity index is 1270. The van der Waals surface area contributed by atoms with Crippen molar-refractivity contribution in [1.82, 2.24) is 14.6 Å². The Hall–Kier alpha value is -3.85. The number of rotatable bonds is 7. The molecule has 1 amide bonds. The minimum Gasteiger partial charge on any atom is -0.463 e. The van der Waals surface area contributed by atoms with Gasteiger partial charge in [0.25, 0.3) is 5.91 Å². The van der Waals surface area contributed by atoms with Crippen LogP contribution in [-0.2, 0) is 19.9 Å². The number of hydrogen-bond donors (Lipinski definition) is 3. The van der Waals surface area contributed by atoms with E-state index in [0.717, 1.165) is 0 Å². The van der Waals surface area contributed by atoms with Gasteiger partial charge in [0.1, 0.15) is 42.8 Å². The number of carbonyl (C=O) groups excluding carboxylic acids is 2. The molecule has 182 valence electrons. The van der Waals surface area contributed by atoms with Crippen LogP contribution >= 0.6 is 0 Å². The second-order valence-corrected chi connectivity index (χ2v) is 8.66. The van der Waals surface area contributed by atoms with Gasteiger partial charge >= 0.3 is 5.97 Å². The van der Waals surface area contributed by atoms with Gasteiger partial charge in [-0.2, -0.15) is 10.4 Å². The minimum atomic E-state index is -2.00. The number of anilines is 1. The number of nitrogens with one attached hydrogen (secondary N) is 1. The number of aliphatic hydroxyl groups excluding tert-OH is 2. The summed E-state index contributed by atoms with van der Waals surface area (Å²) in [5, 5.41) is 38.3. The quantitative estimate of drug-likeness (QED) is 0.426. The number of ether oxygens (including phenoxy) is 2. The van der Waals surface area contributed by atoms with Crippen molar-refractivity contribution in [2.75, 3.05) is 11.9 Å². The van der Waals surface area contributed by atoms with E-state index in [-0.39, 0.29) is 36.4 Å². The van der Waals surface area contributed by atoms with Gasteiger partial charge in [-0.1, -0.05) is 32.0 Å². The van der Waals surface area contributed by atoms with Gasteiger partial charge in [0, 0.05) is 12.0 Å². The van der Waals surface area contributed by atoms with E-state index in [4.69, 9.17) is 9.47 Å². The maximum Gasteiger partial charge on any atom is 0.306 e. The van der Waals surface area contributed by atoms with E-state index in [1.54, 1.807) is 36.4 Å². The molecule has 35 heavy (non-hydrogen) atoms. The lowest BCUT2D eigenvalue weighted by Gasteiger charge is -2.24. The average Bonchev–Trinajstić information content (AvgIpc) is 3.39. The normalized spacial score (nSPS) is 23.8. The fourth-order valence-corrected chi connectivity index (χ4v) is 3.96. The highest BCUT2D eigenvalue weighted by atomic mass is 16.6. The molecule has 0 aliphatic carbocycles. The zero-order valence-electron chi connectivity index (χ0n) is 19.2. The van der Waals surface area contributed by atoms with Crippen LogP contribution in [0.25, 0.3) is 5.52 Å². The fourth-order valence-electron chi connectivity index (χ4n) is 3.96. The minimum absolute atomic E-state index is 0.0871. The maximum atomic E-state index is 12.6. The van der Waals surface area contributed by atoms with Crippen LogP contribution in [-0.4, -0.2) is 61.6 Å². The van der Waals surface area contributed by atoms with Gasteiger partial charge in [-0.25, -0.2) is 9.50 Å². The largest absolute Gasteiger partial charge is 0.463 e. The summed E-state index contributed by atoms with van der Waals surface area (Å²) in [5.74, 6) is -0.594. The second-order valence-electron chi connectivity index (χ2n) is 8.66. The number of esters is 1. The van der Waals surface area contributed by atoms with E-state index in [2.05, 4.69) is 15.4 Å². The Morgan fingerprint density at radius 1 is 1.26 bits per heavy atom. The molecular formula is C24H25N5O6. The van der Waals surface area contributed by atoms with Crippen molar-refractivity contribution in [3.63, 3.8) is 0 Å². The molecule has 0 radical (unpaired) electrons. The molecule has 0 spiro atoms. The van der Waals surface area contributed by atoms with Gasteiger partial charge in [0.15, 0.2) is 5.82 Å². The first kappa shape index (κ1) is 24.3. The summed E-state index contributed by atoms with van der Waals surface area (Å²) in [6.45, 7) is 3.40. The number of nitriles is 1. The van der Waals surface area contributed by atoms with Gasteiger partial charge in [0.2, 0.25) is 5.60 Å². The predicted molar refractivity (Wildman–Crippen MR) is 122 cm³/mol. The van der Waals surface area contributed by atoms with Crippen molar-refractivity contribution in [3.05, 3.63) is 60.0 Å². The number of carbonyl (C=O) groups is 2. The van der Waals surface area contributed by atoms with Crippen LogP contribution in [0, 0.1) is 17.2 Å². The molecule has 11 nitrogen and oxygen atoms in total. The summed E-state index contributed by atoms with van der Waals surface area (Å²) in [4.78, 5) is 28.6. The van der Waals surface area contributed by atoms with Crippen molar-refractivity contribution in [3.8, 4) is 6.07 Å². The maximum absolute atomic E-state index is 12.6. The van der Waals surface area contributed by atoms with Crippen LogP contribution < -0.4 is 5.32 Å². The van der Waals surface area contributed by atoms with Crippen LogP contribution in [0.5, 0.6) is 0 Å². The summed E-state index contributed by atoms with van der Waals surface area (Å²) < 4.78 is 12.3. The summed E-state index contributed by atoms with van der Waals surface area (Å²) >= 11 is 0. The molecule has 11 heteroatoms. The van der Waals surface area contributed by atoms with E-state index in [0.29, 0.717) is 11.1 Å². The second kappa shape index (κ2) is 9.79. The van der Waals surface area contributed by atoms with Gasteiger partial charge in [-0.3, -0.25) is 9.59 Å². The van der Waals surface area contributed by atoms with Crippen molar-refractivity contribution < 1.29 is 29.3 Å². The van der Waals surface area contributed by atoms with Gasteiger partial charge in [-0.05, 0) is 30.2 Å². The molecule has 1 aliphatic heterocycles. The number of aromatic nitrogens is 3. The van der Waals surface area contributed by atoms with Crippen molar-refractivity contribution >= 4 is 23.2 Å². The third-order valence-corrected chi connectivity index (χ3v) is 5.71. The first-order valence-electron chi connectivity index (χ1n) is 11.1. The molecular weight excluding hydrogens is 454 g/mol. The number of fused-ring (bicyclic) bond motifs is 1.